The average molecular weight is 355 g/mol. The number of benzene rings is 3. The fourth-order valence-corrected chi connectivity index (χ4v) is 3.37. The van der Waals surface area contributed by atoms with Crippen LogP contribution in [0.5, 0.6) is 5.75 Å². The van der Waals surface area contributed by atoms with Crippen molar-refractivity contribution in [3.8, 4) is 17.2 Å². The summed E-state index contributed by atoms with van der Waals surface area (Å²) in [5, 5.41) is 1.71. The molecule has 1 atom stereocenters. The van der Waals surface area contributed by atoms with Crippen molar-refractivity contribution in [3.63, 3.8) is 0 Å². The molecule has 0 aliphatic carbocycles. The summed E-state index contributed by atoms with van der Waals surface area (Å²) in [6, 6.07) is 21.5. The van der Waals surface area contributed by atoms with Gasteiger partial charge in [0.2, 0.25) is 5.89 Å². The zero-order valence-corrected chi connectivity index (χ0v) is 15.0. The van der Waals surface area contributed by atoms with Crippen LogP contribution in [-0.2, 0) is 5.66 Å². The normalized spacial score (nSPS) is 18.0. The Morgan fingerprint density at radius 3 is 2.44 bits per heavy atom. The molecule has 0 bridgehead atoms. The molecule has 3 aromatic carbocycles. The first kappa shape index (κ1) is 15.8. The first-order valence-electron chi connectivity index (χ1n) is 8.75. The monoisotopic (exact) mass is 355 g/mol. The van der Waals surface area contributed by atoms with Crippen molar-refractivity contribution in [1.29, 1.82) is 0 Å². The zero-order chi connectivity index (χ0) is 18.4. The third-order valence-corrected chi connectivity index (χ3v) is 4.83. The van der Waals surface area contributed by atoms with Crippen LogP contribution in [0.2, 0.25) is 0 Å². The lowest BCUT2D eigenvalue weighted by Gasteiger charge is -2.18. The maximum Gasteiger partial charge on any atom is 0.227 e. The molecule has 5 nitrogen and oxygen atoms in total. The molecule has 2 heterocycles. The topological polar surface area (TPSA) is 60.0 Å². The molecule has 0 radical (unpaired) electrons. The Morgan fingerprint density at radius 1 is 0.889 bits per heavy atom. The Hall–Kier alpha value is -3.47. The van der Waals surface area contributed by atoms with E-state index in [9.17, 15) is 0 Å². The third kappa shape index (κ3) is 2.59. The molecular weight excluding hydrogens is 338 g/mol. The summed E-state index contributed by atoms with van der Waals surface area (Å²) < 4.78 is 11.1. The van der Waals surface area contributed by atoms with Gasteiger partial charge in [-0.1, -0.05) is 24.3 Å². The third-order valence-electron chi connectivity index (χ3n) is 4.83. The predicted octanol–water partition coefficient (Wildman–Crippen LogP) is 3.63. The van der Waals surface area contributed by atoms with Crippen molar-refractivity contribution < 1.29 is 9.15 Å². The van der Waals surface area contributed by atoms with Crippen LogP contribution in [0.3, 0.4) is 0 Å². The molecule has 5 rings (SSSR count). The second-order valence-corrected chi connectivity index (χ2v) is 6.66. The number of hydrogen-bond donors (Lipinski definition) is 0. The number of rotatable bonds is 3. The molecule has 0 fully saturated rings. The maximum absolute atomic E-state index is 5.88. The van der Waals surface area contributed by atoms with E-state index in [1.807, 2.05) is 73.7 Å². The van der Waals surface area contributed by atoms with Crippen LogP contribution in [0.15, 0.2) is 81.1 Å². The van der Waals surface area contributed by atoms with Crippen LogP contribution in [0.25, 0.3) is 22.6 Å². The molecule has 0 amide bonds. The highest BCUT2D eigenvalue weighted by Gasteiger charge is 2.27. The number of fused-ring (bicyclic) bond motifs is 2. The van der Waals surface area contributed by atoms with Crippen LogP contribution in [0.4, 0.5) is 0 Å². The fourth-order valence-electron chi connectivity index (χ4n) is 3.37. The van der Waals surface area contributed by atoms with E-state index in [-0.39, 0.29) is 0 Å². The number of oxazole rings is 1. The van der Waals surface area contributed by atoms with Crippen LogP contribution in [0, 0.1) is 0 Å². The molecule has 1 unspecified atom stereocenters. The minimum atomic E-state index is -0.644. The van der Waals surface area contributed by atoms with Crippen LogP contribution in [-0.4, -0.2) is 12.1 Å². The van der Waals surface area contributed by atoms with Crippen molar-refractivity contribution in [2.75, 3.05) is 7.11 Å². The van der Waals surface area contributed by atoms with Crippen molar-refractivity contribution in [2.24, 2.45) is 9.98 Å². The molecule has 27 heavy (non-hydrogen) atoms. The van der Waals surface area contributed by atoms with Crippen LogP contribution < -0.4 is 15.5 Å². The lowest BCUT2D eigenvalue weighted by molar-refractivity contribution is 0.414. The van der Waals surface area contributed by atoms with Gasteiger partial charge in [-0.15, -0.1) is 0 Å². The lowest BCUT2D eigenvalue weighted by atomic mass is 10.0. The summed E-state index contributed by atoms with van der Waals surface area (Å²) in [6.45, 7) is 2.01. The maximum atomic E-state index is 5.88. The minimum absolute atomic E-state index is 0.590. The van der Waals surface area contributed by atoms with Gasteiger partial charge in [-0.2, -0.15) is 0 Å². The minimum Gasteiger partial charge on any atom is -0.497 e. The van der Waals surface area contributed by atoms with E-state index >= 15 is 0 Å². The standard InChI is InChI=1S/C22H17N3O2/c1-22(15-8-10-16(26-2)11-9-15)24-17-12-7-14(13-19(17)25-22)21-23-18-5-3-4-6-20(18)27-21/h3-13H,1-2H3. The number of aromatic nitrogens is 1. The van der Waals surface area contributed by atoms with Gasteiger partial charge in [-0.3, -0.25) is 0 Å². The molecule has 1 aliphatic rings. The fraction of sp³-hybridized carbons (Fsp3) is 0.136. The van der Waals surface area contributed by atoms with Crippen molar-refractivity contribution in [2.45, 2.75) is 12.6 Å². The van der Waals surface area contributed by atoms with Gasteiger partial charge in [0.15, 0.2) is 11.2 Å². The van der Waals surface area contributed by atoms with E-state index in [0.717, 1.165) is 38.7 Å². The summed E-state index contributed by atoms with van der Waals surface area (Å²) in [5.41, 5.74) is 2.88. The Kier molecular flexibility index (Phi) is 3.37. The van der Waals surface area contributed by atoms with Gasteiger partial charge in [0.05, 0.1) is 17.8 Å². The number of ether oxygens (including phenoxy) is 1. The number of para-hydroxylation sites is 2. The molecule has 0 saturated heterocycles. The average Bonchev–Trinajstić information content (AvgIpc) is 3.28. The molecular formula is C22H17N3O2. The van der Waals surface area contributed by atoms with E-state index in [0.29, 0.717) is 5.89 Å². The van der Waals surface area contributed by atoms with Crippen molar-refractivity contribution in [1.82, 2.24) is 4.98 Å². The van der Waals surface area contributed by atoms with Crippen molar-refractivity contribution in [3.05, 3.63) is 83.0 Å². The van der Waals surface area contributed by atoms with Gasteiger partial charge in [-0.25, -0.2) is 15.0 Å². The second kappa shape index (κ2) is 5.77. The van der Waals surface area contributed by atoms with Gasteiger partial charge in [0.25, 0.3) is 0 Å². The van der Waals surface area contributed by atoms with Crippen LogP contribution in [0.1, 0.15) is 12.5 Å². The quantitative estimate of drug-likeness (QED) is 0.564. The Bertz CT molecular complexity index is 1240. The summed E-state index contributed by atoms with van der Waals surface area (Å²) in [4.78, 5) is 14.3. The van der Waals surface area contributed by atoms with E-state index in [1.54, 1.807) is 7.11 Å². The van der Waals surface area contributed by atoms with Gasteiger partial charge in [0, 0.05) is 11.1 Å². The Morgan fingerprint density at radius 2 is 1.67 bits per heavy atom. The highest BCUT2D eigenvalue weighted by molar-refractivity contribution is 5.75. The summed E-state index contributed by atoms with van der Waals surface area (Å²) in [7, 11) is 1.66. The number of methoxy groups -OCH3 is 1. The molecule has 0 saturated carbocycles. The van der Waals surface area contributed by atoms with E-state index in [4.69, 9.17) is 19.1 Å². The van der Waals surface area contributed by atoms with Gasteiger partial charge < -0.3 is 9.15 Å². The highest BCUT2D eigenvalue weighted by atomic mass is 16.5. The molecule has 1 aliphatic heterocycles. The van der Waals surface area contributed by atoms with E-state index in [2.05, 4.69) is 4.98 Å². The van der Waals surface area contributed by atoms with E-state index in [1.165, 1.54) is 0 Å². The first-order chi connectivity index (χ1) is 13.1. The SMILES string of the molecule is COc1ccc(C2(C)N=c3ccc(-c4nc5ccccc5o4)cc3=N2)cc1. The molecule has 4 aromatic rings. The van der Waals surface area contributed by atoms with Crippen LogP contribution >= 0.6 is 0 Å². The number of hydrogen-bond acceptors (Lipinski definition) is 5. The summed E-state index contributed by atoms with van der Waals surface area (Å²) in [6.07, 6.45) is 0. The smallest absolute Gasteiger partial charge is 0.227 e. The van der Waals surface area contributed by atoms with Crippen molar-refractivity contribution >= 4 is 11.1 Å². The van der Waals surface area contributed by atoms with Gasteiger partial charge >= 0.3 is 0 Å². The number of nitrogens with zero attached hydrogens (tertiary/aromatic N) is 3. The van der Waals surface area contributed by atoms with E-state index < -0.39 is 5.66 Å². The molecule has 1 aromatic heterocycles. The Balaban J connectivity index is 1.58. The summed E-state index contributed by atoms with van der Waals surface area (Å²) >= 11 is 0. The molecule has 5 heteroatoms. The summed E-state index contributed by atoms with van der Waals surface area (Å²) in [5.74, 6) is 1.41. The Labute approximate surface area is 155 Å². The largest absolute Gasteiger partial charge is 0.497 e. The predicted molar refractivity (Wildman–Crippen MR) is 102 cm³/mol. The second-order valence-electron chi connectivity index (χ2n) is 6.66. The first-order valence-corrected chi connectivity index (χ1v) is 8.75. The van der Waals surface area contributed by atoms with Gasteiger partial charge in [-0.05, 0) is 49.4 Å². The highest BCUT2D eigenvalue weighted by Crippen LogP contribution is 2.29. The zero-order valence-electron chi connectivity index (χ0n) is 15.0. The molecule has 0 spiro atoms. The molecule has 132 valence electrons. The van der Waals surface area contributed by atoms with Gasteiger partial charge in [0.1, 0.15) is 11.3 Å². The lowest BCUT2D eigenvalue weighted by Crippen LogP contribution is -2.20. The molecule has 0 N–H and O–H groups in total.